The number of benzene rings is 2. The Labute approximate surface area is 166 Å². The third-order valence-electron chi connectivity index (χ3n) is 4.79. The SMILES string of the molecule is Oc1c(C(Cc2ccc(OC(F)F)cc2)c2ccccn2)ccc2cccnc12. The molecule has 4 nitrogen and oxygen atoms in total. The van der Waals surface area contributed by atoms with Gasteiger partial charge in [-0.1, -0.05) is 36.4 Å². The number of alkyl halides is 2. The van der Waals surface area contributed by atoms with Crippen molar-refractivity contribution in [1.82, 2.24) is 9.97 Å². The highest BCUT2D eigenvalue weighted by Crippen LogP contribution is 2.37. The summed E-state index contributed by atoms with van der Waals surface area (Å²) in [4.78, 5) is 8.78. The summed E-state index contributed by atoms with van der Waals surface area (Å²) in [7, 11) is 0. The van der Waals surface area contributed by atoms with Crippen molar-refractivity contribution in [2.45, 2.75) is 19.0 Å². The Kier molecular flexibility index (Phi) is 5.33. The average molecular weight is 392 g/mol. The molecule has 1 unspecified atom stereocenters. The first-order chi connectivity index (χ1) is 14.1. The number of aromatic hydroxyl groups is 1. The normalized spacial score (nSPS) is 12.2. The Morgan fingerprint density at radius 3 is 2.38 bits per heavy atom. The van der Waals surface area contributed by atoms with Crippen molar-refractivity contribution in [2.75, 3.05) is 0 Å². The standard InChI is InChI=1S/C23H18F2N2O2/c24-23(25)29-17-9-6-15(7-10-17)14-19(20-5-1-2-12-26-20)18-11-8-16-4-3-13-27-21(16)22(18)28/h1-13,19,23,28H,14H2. The molecule has 29 heavy (non-hydrogen) atoms. The van der Waals surface area contributed by atoms with Crippen LogP contribution < -0.4 is 4.74 Å². The fourth-order valence-corrected chi connectivity index (χ4v) is 3.43. The van der Waals surface area contributed by atoms with Crippen LogP contribution >= 0.6 is 0 Å². The third kappa shape index (κ3) is 4.16. The molecule has 0 saturated heterocycles. The molecule has 4 aromatic rings. The van der Waals surface area contributed by atoms with E-state index >= 15 is 0 Å². The van der Waals surface area contributed by atoms with Crippen molar-refractivity contribution in [2.24, 2.45) is 0 Å². The number of ether oxygens (including phenoxy) is 1. The van der Waals surface area contributed by atoms with E-state index in [1.807, 2.05) is 42.5 Å². The van der Waals surface area contributed by atoms with E-state index in [2.05, 4.69) is 14.7 Å². The van der Waals surface area contributed by atoms with Crippen molar-refractivity contribution in [3.8, 4) is 11.5 Å². The molecule has 0 saturated carbocycles. The number of nitrogens with zero attached hydrogens (tertiary/aromatic N) is 2. The van der Waals surface area contributed by atoms with Crippen LogP contribution in [0.25, 0.3) is 10.9 Å². The second-order valence-electron chi connectivity index (χ2n) is 6.61. The minimum absolute atomic E-state index is 0.107. The molecule has 4 rings (SSSR count). The van der Waals surface area contributed by atoms with E-state index in [1.54, 1.807) is 24.5 Å². The summed E-state index contributed by atoms with van der Waals surface area (Å²) < 4.78 is 29.2. The molecule has 6 heteroatoms. The minimum atomic E-state index is -2.86. The van der Waals surface area contributed by atoms with Gasteiger partial charge in [-0.3, -0.25) is 9.97 Å². The largest absolute Gasteiger partial charge is 0.505 e. The van der Waals surface area contributed by atoms with Gasteiger partial charge in [0.15, 0.2) is 0 Å². The zero-order chi connectivity index (χ0) is 20.2. The predicted molar refractivity (Wildman–Crippen MR) is 106 cm³/mol. The highest BCUT2D eigenvalue weighted by molar-refractivity contribution is 5.85. The number of rotatable bonds is 6. The van der Waals surface area contributed by atoms with Gasteiger partial charge in [-0.25, -0.2) is 0 Å². The molecule has 0 spiro atoms. The van der Waals surface area contributed by atoms with Gasteiger partial charge in [0.2, 0.25) is 0 Å². The van der Waals surface area contributed by atoms with E-state index in [-0.39, 0.29) is 17.4 Å². The maximum atomic E-state index is 12.4. The van der Waals surface area contributed by atoms with Crippen molar-refractivity contribution >= 4 is 10.9 Å². The van der Waals surface area contributed by atoms with Crippen LogP contribution in [0.15, 0.2) is 79.1 Å². The lowest BCUT2D eigenvalue weighted by Crippen LogP contribution is -2.08. The first-order valence-corrected chi connectivity index (χ1v) is 9.13. The molecule has 0 aliphatic rings. The highest BCUT2D eigenvalue weighted by atomic mass is 19.3. The molecule has 0 aliphatic heterocycles. The van der Waals surface area contributed by atoms with Crippen LogP contribution in [-0.4, -0.2) is 21.7 Å². The quantitative estimate of drug-likeness (QED) is 0.483. The van der Waals surface area contributed by atoms with E-state index in [0.717, 1.165) is 16.6 Å². The number of phenols is 1. The molecular weight excluding hydrogens is 374 g/mol. The van der Waals surface area contributed by atoms with E-state index in [1.165, 1.54) is 12.1 Å². The molecule has 146 valence electrons. The Balaban J connectivity index is 1.73. The maximum Gasteiger partial charge on any atom is 0.387 e. The number of pyridine rings is 2. The Morgan fingerprint density at radius 2 is 1.66 bits per heavy atom. The molecule has 2 aromatic carbocycles. The zero-order valence-electron chi connectivity index (χ0n) is 15.4. The van der Waals surface area contributed by atoms with Gasteiger partial charge in [0, 0.05) is 35.0 Å². The molecular formula is C23H18F2N2O2. The van der Waals surface area contributed by atoms with Crippen LogP contribution in [0.3, 0.4) is 0 Å². The van der Waals surface area contributed by atoms with Gasteiger partial charge in [0.1, 0.15) is 17.0 Å². The number of hydrogen-bond donors (Lipinski definition) is 1. The smallest absolute Gasteiger partial charge is 0.387 e. The van der Waals surface area contributed by atoms with Crippen LogP contribution in [0.4, 0.5) is 8.78 Å². The molecule has 0 aliphatic carbocycles. The summed E-state index contributed by atoms with van der Waals surface area (Å²) >= 11 is 0. The number of halogens is 2. The summed E-state index contributed by atoms with van der Waals surface area (Å²) in [6.07, 6.45) is 3.87. The van der Waals surface area contributed by atoms with Gasteiger partial charge >= 0.3 is 6.61 Å². The second kappa shape index (κ2) is 8.22. The number of phenolic OH excluding ortho intramolecular Hbond substituents is 1. The summed E-state index contributed by atoms with van der Waals surface area (Å²) in [5, 5.41) is 11.8. The fourth-order valence-electron chi connectivity index (χ4n) is 3.43. The zero-order valence-corrected chi connectivity index (χ0v) is 15.4. The van der Waals surface area contributed by atoms with Crippen LogP contribution in [0.2, 0.25) is 0 Å². The van der Waals surface area contributed by atoms with Crippen LogP contribution in [0.1, 0.15) is 22.7 Å². The molecule has 1 atom stereocenters. The predicted octanol–water partition coefficient (Wildman–Crippen LogP) is 5.31. The highest BCUT2D eigenvalue weighted by Gasteiger charge is 2.21. The number of fused-ring (bicyclic) bond motifs is 1. The molecule has 2 aromatic heterocycles. The lowest BCUT2D eigenvalue weighted by atomic mass is 9.87. The first-order valence-electron chi connectivity index (χ1n) is 9.13. The fraction of sp³-hybridized carbons (Fsp3) is 0.130. The summed E-state index contributed by atoms with van der Waals surface area (Å²) in [5.74, 6) is -0.00299. The summed E-state index contributed by atoms with van der Waals surface area (Å²) in [6.45, 7) is -2.86. The van der Waals surface area contributed by atoms with Crippen molar-refractivity contribution in [3.63, 3.8) is 0 Å². The van der Waals surface area contributed by atoms with E-state index < -0.39 is 6.61 Å². The van der Waals surface area contributed by atoms with Crippen LogP contribution in [0, 0.1) is 0 Å². The summed E-state index contributed by atoms with van der Waals surface area (Å²) in [6, 6.07) is 19.7. The lowest BCUT2D eigenvalue weighted by molar-refractivity contribution is -0.0498. The van der Waals surface area contributed by atoms with Gasteiger partial charge < -0.3 is 9.84 Å². The molecule has 1 N–H and O–H groups in total. The topological polar surface area (TPSA) is 55.2 Å². The summed E-state index contributed by atoms with van der Waals surface area (Å²) in [5.41, 5.74) is 2.95. The van der Waals surface area contributed by atoms with E-state index in [4.69, 9.17) is 0 Å². The van der Waals surface area contributed by atoms with E-state index in [0.29, 0.717) is 17.5 Å². The Hall–Kier alpha value is -3.54. The third-order valence-corrected chi connectivity index (χ3v) is 4.79. The van der Waals surface area contributed by atoms with Gasteiger partial charge in [-0.05, 0) is 42.3 Å². The molecule has 0 bridgehead atoms. The molecule has 0 amide bonds. The van der Waals surface area contributed by atoms with Gasteiger partial charge in [0.05, 0.1) is 0 Å². The molecule has 0 radical (unpaired) electrons. The Morgan fingerprint density at radius 1 is 0.862 bits per heavy atom. The Bertz CT molecular complexity index is 1100. The molecule has 2 heterocycles. The monoisotopic (exact) mass is 392 g/mol. The van der Waals surface area contributed by atoms with Crippen molar-refractivity contribution in [1.29, 1.82) is 0 Å². The average Bonchev–Trinajstić information content (AvgIpc) is 2.74. The number of aromatic nitrogens is 2. The van der Waals surface area contributed by atoms with Crippen molar-refractivity contribution < 1.29 is 18.6 Å². The van der Waals surface area contributed by atoms with Crippen LogP contribution in [0.5, 0.6) is 11.5 Å². The second-order valence-corrected chi connectivity index (χ2v) is 6.61. The first kappa shape index (κ1) is 18.8. The van der Waals surface area contributed by atoms with Crippen LogP contribution in [-0.2, 0) is 6.42 Å². The minimum Gasteiger partial charge on any atom is -0.505 e. The lowest BCUT2D eigenvalue weighted by Gasteiger charge is -2.19. The molecule has 0 fully saturated rings. The van der Waals surface area contributed by atoms with Gasteiger partial charge in [0.25, 0.3) is 0 Å². The maximum absolute atomic E-state index is 12.4. The van der Waals surface area contributed by atoms with Crippen molar-refractivity contribution in [3.05, 3.63) is 95.9 Å². The van der Waals surface area contributed by atoms with Gasteiger partial charge in [-0.2, -0.15) is 8.78 Å². The van der Waals surface area contributed by atoms with E-state index in [9.17, 15) is 13.9 Å². The van der Waals surface area contributed by atoms with Gasteiger partial charge in [-0.15, -0.1) is 0 Å². The number of hydrogen-bond acceptors (Lipinski definition) is 4.